The molecule has 0 spiro atoms. The van der Waals surface area contributed by atoms with E-state index in [1.165, 1.54) is 69.9 Å². The molecular weight excluding hydrogens is 242 g/mol. The fraction of sp³-hybridized carbons (Fsp3) is 0.579. The third-order valence-electron chi connectivity index (χ3n) is 4.28. The zero-order valence-electron chi connectivity index (χ0n) is 12.5. The van der Waals surface area contributed by atoms with E-state index < -0.39 is 0 Å². The van der Waals surface area contributed by atoms with Crippen molar-refractivity contribution in [3.05, 3.63) is 29.8 Å². The Hall–Kier alpha value is -1.42. The Kier molecular flexibility index (Phi) is 6.51. The first-order chi connectivity index (χ1) is 9.88. The van der Waals surface area contributed by atoms with Crippen LogP contribution in [0.3, 0.4) is 0 Å². The molecule has 1 aliphatic rings. The van der Waals surface area contributed by atoms with Crippen LogP contribution in [0, 0.1) is 12.3 Å². The van der Waals surface area contributed by atoms with E-state index in [9.17, 15) is 0 Å². The minimum Gasteiger partial charge on any atom is -0.382 e. The zero-order valence-corrected chi connectivity index (χ0v) is 12.5. The van der Waals surface area contributed by atoms with E-state index in [4.69, 9.17) is 6.42 Å². The van der Waals surface area contributed by atoms with Crippen molar-refractivity contribution < 1.29 is 0 Å². The van der Waals surface area contributed by atoms with E-state index in [1.54, 1.807) is 0 Å². The molecule has 0 unspecified atom stereocenters. The Morgan fingerprint density at radius 3 is 1.80 bits per heavy atom. The standard InChI is InChI=1S/C19H27N/c1-2-17-13-15-19(16-14-17)20-18-11-9-7-5-3-4-6-8-10-12-18/h1,13-16,18,20H,3-12H2. The fourth-order valence-corrected chi connectivity index (χ4v) is 3.03. The summed E-state index contributed by atoms with van der Waals surface area (Å²) in [5.41, 5.74) is 2.17. The first-order valence-corrected chi connectivity index (χ1v) is 8.22. The SMILES string of the molecule is C#Cc1ccc(NC2CCCCCCCCCC2)cc1. The molecule has 1 N–H and O–H groups in total. The molecule has 0 heterocycles. The minimum absolute atomic E-state index is 0.629. The van der Waals surface area contributed by atoms with E-state index in [0.717, 1.165) is 5.56 Å². The number of benzene rings is 1. The van der Waals surface area contributed by atoms with Crippen LogP contribution in [0.25, 0.3) is 0 Å². The van der Waals surface area contributed by atoms with Crippen molar-refractivity contribution in [2.75, 3.05) is 5.32 Å². The van der Waals surface area contributed by atoms with Gasteiger partial charge in [-0.25, -0.2) is 0 Å². The molecule has 2 rings (SSSR count). The molecule has 108 valence electrons. The van der Waals surface area contributed by atoms with Crippen LogP contribution in [0.15, 0.2) is 24.3 Å². The van der Waals surface area contributed by atoms with Crippen LogP contribution in [0.4, 0.5) is 5.69 Å². The van der Waals surface area contributed by atoms with Crippen LogP contribution in [0.5, 0.6) is 0 Å². The normalized spacial score (nSPS) is 18.8. The predicted octanol–water partition coefficient (Wildman–Crippen LogP) is 5.36. The molecule has 0 atom stereocenters. The molecule has 0 bridgehead atoms. The number of terminal acetylenes is 1. The molecule has 1 saturated carbocycles. The van der Waals surface area contributed by atoms with Crippen molar-refractivity contribution >= 4 is 5.69 Å². The lowest BCUT2D eigenvalue weighted by Crippen LogP contribution is -2.19. The lowest BCUT2D eigenvalue weighted by Gasteiger charge is -2.20. The molecule has 1 heteroatoms. The second-order valence-electron chi connectivity index (χ2n) is 5.97. The molecule has 20 heavy (non-hydrogen) atoms. The summed E-state index contributed by atoms with van der Waals surface area (Å²) in [6.07, 6.45) is 19.2. The Bertz CT molecular complexity index is 400. The first kappa shape index (κ1) is 15.0. The smallest absolute Gasteiger partial charge is 0.0343 e. The van der Waals surface area contributed by atoms with Gasteiger partial charge in [0.1, 0.15) is 0 Å². The van der Waals surface area contributed by atoms with Gasteiger partial charge in [-0.15, -0.1) is 6.42 Å². The van der Waals surface area contributed by atoms with Crippen LogP contribution < -0.4 is 5.32 Å². The average Bonchev–Trinajstić information content (AvgIpc) is 2.54. The number of rotatable bonds is 2. The highest BCUT2D eigenvalue weighted by Gasteiger charge is 2.09. The largest absolute Gasteiger partial charge is 0.382 e. The van der Waals surface area contributed by atoms with E-state index >= 15 is 0 Å². The highest BCUT2D eigenvalue weighted by Crippen LogP contribution is 2.20. The summed E-state index contributed by atoms with van der Waals surface area (Å²) in [6.45, 7) is 0. The van der Waals surface area contributed by atoms with Crippen molar-refractivity contribution in [1.29, 1.82) is 0 Å². The molecule has 0 amide bonds. The van der Waals surface area contributed by atoms with Gasteiger partial charge in [-0.3, -0.25) is 0 Å². The number of nitrogens with one attached hydrogen (secondary N) is 1. The maximum absolute atomic E-state index is 5.40. The molecule has 0 aliphatic heterocycles. The van der Waals surface area contributed by atoms with Crippen molar-refractivity contribution in [1.82, 2.24) is 0 Å². The lowest BCUT2D eigenvalue weighted by atomic mass is 10.0. The van der Waals surface area contributed by atoms with Crippen molar-refractivity contribution in [3.8, 4) is 12.3 Å². The van der Waals surface area contributed by atoms with Crippen molar-refractivity contribution in [2.24, 2.45) is 0 Å². The van der Waals surface area contributed by atoms with Crippen LogP contribution in [0.1, 0.15) is 69.8 Å². The lowest BCUT2D eigenvalue weighted by molar-refractivity contribution is 0.535. The minimum atomic E-state index is 0.629. The Labute approximate surface area is 124 Å². The van der Waals surface area contributed by atoms with Crippen LogP contribution in [0.2, 0.25) is 0 Å². The van der Waals surface area contributed by atoms with Gasteiger partial charge in [0.05, 0.1) is 0 Å². The third kappa shape index (κ3) is 5.29. The van der Waals surface area contributed by atoms with E-state index in [1.807, 2.05) is 12.1 Å². The topological polar surface area (TPSA) is 12.0 Å². The molecule has 1 aliphatic carbocycles. The van der Waals surface area contributed by atoms with E-state index in [2.05, 4.69) is 23.4 Å². The monoisotopic (exact) mass is 269 g/mol. The molecule has 0 aromatic heterocycles. The van der Waals surface area contributed by atoms with Gasteiger partial charge < -0.3 is 5.32 Å². The predicted molar refractivity (Wildman–Crippen MR) is 88.0 cm³/mol. The second-order valence-corrected chi connectivity index (χ2v) is 5.97. The van der Waals surface area contributed by atoms with Gasteiger partial charge in [0.15, 0.2) is 0 Å². The van der Waals surface area contributed by atoms with Crippen LogP contribution in [-0.4, -0.2) is 6.04 Å². The summed E-state index contributed by atoms with van der Waals surface area (Å²) in [6, 6.07) is 8.89. The summed E-state index contributed by atoms with van der Waals surface area (Å²) >= 11 is 0. The zero-order chi connectivity index (χ0) is 14.0. The summed E-state index contributed by atoms with van der Waals surface area (Å²) in [7, 11) is 0. The molecular formula is C19H27N. The van der Waals surface area contributed by atoms with Crippen molar-refractivity contribution in [3.63, 3.8) is 0 Å². The molecule has 1 fully saturated rings. The maximum Gasteiger partial charge on any atom is 0.0343 e. The fourth-order valence-electron chi connectivity index (χ4n) is 3.03. The van der Waals surface area contributed by atoms with Gasteiger partial charge >= 0.3 is 0 Å². The van der Waals surface area contributed by atoms with E-state index in [-0.39, 0.29) is 0 Å². The Morgan fingerprint density at radius 1 is 0.800 bits per heavy atom. The molecule has 1 aromatic carbocycles. The third-order valence-corrected chi connectivity index (χ3v) is 4.28. The highest BCUT2D eigenvalue weighted by molar-refractivity contribution is 5.48. The van der Waals surface area contributed by atoms with Gasteiger partial charge in [-0.05, 0) is 37.1 Å². The van der Waals surface area contributed by atoms with Crippen LogP contribution >= 0.6 is 0 Å². The van der Waals surface area contributed by atoms with E-state index in [0.29, 0.717) is 6.04 Å². The summed E-state index contributed by atoms with van der Waals surface area (Å²) < 4.78 is 0. The van der Waals surface area contributed by atoms with Gasteiger partial charge in [-0.1, -0.05) is 57.3 Å². The van der Waals surface area contributed by atoms with Gasteiger partial charge in [0, 0.05) is 17.3 Å². The molecule has 0 radical (unpaired) electrons. The van der Waals surface area contributed by atoms with Gasteiger partial charge in [-0.2, -0.15) is 0 Å². The quantitative estimate of drug-likeness (QED) is 0.712. The molecule has 0 saturated heterocycles. The Balaban J connectivity index is 1.88. The summed E-state index contributed by atoms with van der Waals surface area (Å²) in [4.78, 5) is 0. The summed E-state index contributed by atoms with van der Waals surface area (Å²) in [5, 5.41) is 3.70. The Morgan fingerprint density at radius 2 is 1.30 bits per heavy atom. The first-order valence-electron chi connectivity index (χ1n) is 8.22. The van der Waals surface area contributed by atoms with Crippen LogP contribution in [-0.2, 0) is 0 Å². The number of hydrogen-bond acceptors (Lipinski definition) is 1. The number of anilines is 1. The average molecular weight is 269 g/mol. The van der Waals surface area contributed by atoms with Crippen molar-refractivity contribution in [2.45, 2.75) is 70.3 Å². The second kappa shape index (κ2) is 8.69. The van der Waals surface area contributed by atoms with Gasteiger partial charge in [0.2, 0.25) is 0 Å². The molecule has 1 aromatic rings. The summed E-state index contributed by atoms with van der Waals surface area (Å²) in [5.74, 6) is 2.67. The number of hydrogen-bond donors (Lipinski definition) is 1. The van der Waals surface area contributed by atoms with Gasteiger partial charge in [0.25, 0.3) is 0 Å². The maximum atomic E-state index is 5.40. The molecule has 1 nitrogen and oxygen atoms in total. The highest BCUT2D eigenvalue weighted by atomic mass is 14.9.